The van der Waals surface area contributed by atoms with E-state index in [1.54, 1.807) is 6.20 Å². The van der Waals surface area contributed by atoms with Crippen LogP contribution in [-0.4, -0.2) is 9.55 Å². The van der Waals surface area contributed by atoms with Gasteiger partial charge in [-0.3, -0.25) is 4.57 Å². The fourth-order valence-corrected chi connectivity index (χ4v) is 0.935. The summed E-state index contributed by atoms with van der Waals surface area (Å²) in [6, 6.07) is 0. The van der Waals surface area contributed by atoms with E-state index in [2.05, 4.69) is 16.9 Å². The average molecular weight is 133 g/mol. The Hall–Kier alpha value is -1.51. The SMILES string of the molecule is C=C1C=CNc2nccn21. The van der Waals surface area contributed by atoms with E-state index in [1.165, 1.54) is 0 Å². The number of anilines is 1. The summed E-state index contributed by atoms with van der Waals surface area (Å²) in [5.41, 5.74) is 0.936. The van der Waals surface area contributed by atoms with Crippen LogP contribution in [0.3, 0.4) is 0 Å². The first-order chi connectivity index (χ1) is 4.88. The summed E-state index contributed by atoms with van der Waals surface area (Å²) < 4.78 is 1.89. The van der Waals surface area contributed by atoms with Gasteiger partial charge in [0.1, 0.15) is 0 Å². The fourth-order valence-electron chi connectivity index (χ4n) is 0.935. The van der Waals surface area contributed by atoms with Gasteiger partial charge in [-0.2, -0.15) is 0 Å². The van der Waals surface area contributed by atoms with Crippen molar-refractivity contribution in [1.29, 1.82) is 0 Å². The molecule has 0 saturated heterocycles. The highest BCUT2D eigenvalue weighted by molar-refractivity contribution is 5.63. The molecule has 0 unspecified atom stereocenters. The average Bonchev–Trinajstić information content (AvgIpc) is 2.36. The van der Waals surface area contributed by atoms with Crippen molar-refractivity contribution < 1.29 is 0 Å². The molecule has 1 aliphatic rings. The van der Waals surface area contributed by atoms with Crippen LogP contribution in [0.4, 0.5) is 5.95 Å². The molecule has 1 aromatic heterocycles. The molecule has 1 aliphatic heterocycles. The number of imidazole rings is 1. The molecule has 2 heterocycles. The quantitative estimate of drug-likeness (QED) is 0.578. The molecule has 3 nitrogen and oxygen atoms in total. The van der Waals surface area contributed by atoms with Crippen molar-refractivity contribution in [2.24, 2.45) is 0 Å². The topological polar surface area (TPSA) is 29.9 Å². The maximum absolute atomic E-state index is 4.05. The van der Waals surface area contributed by atoms with E-state index in [0.29, 0.717) is 0 Å². The number of fused-ring (bicyclic) bond motifs is 1. The van der Waals surface area contributed by atoms with Crippen LogP contribution >= 0.6 is 0 Å². The summed E-state index contributed by atoms with van der Waals surface area (Å²) in [6.45, 7) is 3.82. The molecule has 0 radical (unpaired) electrons. The minimum atomic E-state index is 0.826. The zero-order valence-electron chi connectivity index (χ0n) is 5.41. The van der Waals surface area contributed by atoms with Crippen LogP contribution in [0.25, 0.3) is 5.70 Å². The predicted molar refractivity (Wildman–Crippen MR) is 40.3 cm³/mol. The second-order valence-corrected chi connectivity index (χ2v) is 2.09. The third-order valence-electron chi connectivity index (χ3n) is 1.44. The van der Waals surface area contributed by atoms with Gasteiger partial charge in [-0.25, -0.2) is 4.98 Å². The number of hydrogen-bond donors (Lipinski definition) is 1. The maximum Gasteiger partial charge on any atom is 0.211 e. The van der Waals surface area contributed by atoms with E-state index in [-0.39, 0.29) is 0 Å². The molecule has 3 heteroatoms. The van der Waals surface area contributed by atoms with Gasteiger partial charge in [0, 0.05) is 24.3 Å². The summed E-state index contributed by atoms with van der Waals surface area (Å²) in [5, 5.41) is 2.98. The van der Waals surface area contributed by atoms with Gasteiger partial charge in [0.15, 0.2) is 0 Å². The van der Waals surface area contributed by atoms with Crippen molar-refractivity contribution in [3.63, 3.8) is 0 Å². The largest absolute Gasteiger partial charge is 0.332 e. The highest BCUT2D eigenvalue weighted by Crippen LogP contribution is 2.15. The minimum Gasteiger partial charge on any atom is -0.332 e. The van der Waals surface area contributed by atoms with Crippen LogP contribution in [0, 0.1) is 0 Å². The van der Waals surface area contributed by atoms with Crippen LogP contribution in [0.15, 0.2) is 31.2 Å². The van der Waals surface area contributed by atoms with E-state index in [4.69, 9.17) is 0 Å². The fraction of sp³-hybridized carbons (Fsp3) is 0. The Balaban J connectivity index is 2.58. The summed E-state index contributed by atoms with van der Waals surface area (Å²) in [5.74, 6) is 0.826. The molecular weight excluding hydrogens is 126 g/mol. The number of allylic oxidation sites excluding steroid dienone is 2. The summed E-state index contributed by atoms with van der Waals surface area (Å²) in [7, 11) is 0. The van der Waals surface area contributed by atoms with E-state index in [9.17, 15) is 0 Å². The van der Waals surface area contributed by atoms with Gasteiger partial charge in [0.25, 0.3) is 0 Å². The standard InChI is InChI=1S/C7H7N3/c1-6-2-3-8-7-9-4-5-10(6)7/h2-5H,1H2,(H,8,9). The van der Waals surface area contributed by atoms with Crippen molar-refractivity contribution in [2.45, 2.75) is 0 Å². The van der Waals surface area contributed by atoms with E-state index in [1.807, 2.05) is 23.0 Å². The van der Waals surface area contributed by atoms with Gasteiger partial charge in [-0.15, -0.1) is 0 Å². The van der Waals surface area contributed by atoms with Gasteiger partial charge >= 0.3 is 0 Å². The summed E-state index contributed by atoms with van der Waals surface area (Å²) in [4.78, 5) is 4.05. The smallest absolute Gasteiger partial charge is 0.211 e. The van der Waals surface area contributed by atoms with E-state index >= 15 is 0 Å². The van der Waals surface area contributed by atoms with Crippen LogP contribution in [0.1, 0.15) is 0 Å². The van der Waals surface area contributed by atoms with Crippen molar-refractivity contribution in [3.05, 3.63) is 31.2 Å². The molecule has 50 valence electrons. The molecule has 0 amide bonds. The van der Waals surface area contributed by atoms with Crippen molar-refractivity contribution in [3.8, 4) is 0 Å². The summed E-state index contributed by atoms with van der Waals surface area (Å²) >= 11 is 0. The van der Waals surface area contributed by atoms with Crippen molar-refractivity contribution in [2.75, 3.05) is 5.32 Å². The number of hydrogen-bond acceptors (Lipinski definition) is 2. The van der Waals surface area contributed by atoms with E-state index < -0.39 is 0 Å². The molecule has 0 saturated carbocycles. The van der Waals surface area contributed by atoms with Crippen LogP contribution in [0.5, 0.6) is 0 Å². The Bertz CT molecular complexity index is 296. The van der Waals surface area contributed by atoms with Gasteiger partial charge < -0.3 is 5.32 Å². The van der Waals surface area contributed by atoms with Crippen LogP contribution in [0.2, 0.25) is 0 Å². The molecule has 1 N–H and O–H groups in total. The second-order valence-electron chi connectivity index (χ2n) is 2.09. The van der Waals surface area contributed by atoms with Gasteiger partial charge in [0.05, 0.1) is 0 Å². The monoisotopic (exact) mass is 133 g/mol. The van der Waals surface area contributed by atoms with Gasteiger partial charge in [-0.05, 0) is 6.08 Å². The maximum atomic E-state index is 4.05. The predicted octanol–water partition coefficient (Wildman–Crippen LogP) is 1.29. The lowest BCUT2D eigenvalue weighted by Gasteiger charge is -2.10. The molecule has 1 aromatic rings. The van der Waals surface area contributed by atoms with E-state index in [0.717, 1.165) is 11.6 Å². The van der Waals surface area contributed by atoms with Gasteiger partial charge in [-0.1, -0.05) is 6.58 Å². The Kier molecular flexibility index (Phi) is 0.917. The van der Waals surface area contributed by atoms with Crippen LogP contribution < -0.4 is 5.32 Å². The van der Waals surface area contributed by atoms with Gasteiger partial charge in [0.2, 0.25) is 5.95 Å². The molecule has 0 aromatic carbocycles. The third kappa shape index (κ3) is 0.572. The first kappa shape index (κ1) is 5.29. The highest BCUT2D eigenvalue weighted by atomic mass is 15.2. The lowest BCUT2D eigenvalue weighted by molar-refractivity contribution is 1.09. The zero-order chi connectivity index (χ0) is 6.97. The molecule has 10 heavy (non-hydrogen) atoms. The normalized spacial score (nSPS) is 14.6. The minimum absolute atomic E-state index is 0.826. The third-order valence-corrected chi connectivity index (χ3v) is 1.44. The number of nitrogens with one attached hydrogen (secondary N) is 1. The molecule has 0 aliphatic carbocycles. The number of rotatable bonds is 0. The molecule has 0 spiro atoms. The molecular formula is C7H7N3. The Morgan fingerprint density at radius 1 is 1.60 bits per heavy atom. The highest BCUT2D eigenvalue weighted by Gasteiger charge is 2.04. The molecule has 0 fully saturated rings. The first-order valence-corrected chi connectivity index (χ1v) is 3.03. The number of aromatic nitrogens is 2. The zero-order valence-corrected chi connectivity index (χ0v) is 5.41. The Morgan fingerprint density at radius 3 is 3.30 bits per heavy atom. The lowest BCUT2D eigenvalue weighted by Crippen LogP contribution is -2.04. The first-order valence-electron chi connectivity index (χ1n) is 3.03. The summed E-state index contributed by atoms with van der Waals surface area (Å²) in [6.07, 6.45) is 7.33. The van der Waals surface area contributed by atoms with Crippen molar-refractivity contribution in [1.82, 2.24) is 9.55 Å². The number of nitrogens with zero attached hydrogens (tertiary/aromatic N) is 2. The van der Waals surface area contributed by atoms with Crippen molar-refractivity contribution >= 4 is 11.6 Å². The Morgan fingerprint density at radius 2 is 2.50 bits per heavy atom. The second kappa shape index (κ2) is 1.73. The van der Waals surface area contributed by atoms with Crippen LogP contribution in [-0.2, 0) is 0 Å². The molecule has 0 atom stereocenters. The molecule has 0 bridgehead atoms. The molecule has 2 rings (SSSR count). The lowest BCUT2D eigenvalue weighted by atomic mass is 10.4. The Labute approximate surface area is 58.7 Å².